The van der Waals surface area contributed by atoms with Crippen LogP contribution in [0.5, 0.6) is 5.88 Å². The highest BCUT2D eigenvalue weighted by molar-refractivity contribution is 5.54. The van der Waals surface area contributed by atoms with Crippen molar-refractivity contribution in [2.45, 2.75) is 39.2 Å². The molecule has 1 aromatic heterocycles. The van der Waals surface area contributed by atoms with Gasteiger partial charge < -0.3 is 20.9 Å². The van der Waals surface area contributed by atoms with E-state index in [1.807, 2.05) is 13.0 Å². The maximum atomic E-state index is 9.09. The third-order valence-electron chi connectivity index (χ3n) is 3.04. The highest BCUT2D eigenvalue weighted by atomic mass is 16.5. The van der Waals surface area contributed by atoms with Crippen molar-refractivity contribution in [2.75, 3.05) is 24.3 Å². The minimum Gasteiger partial charge on any atom is -0.476 e. The number of nitrogens with one attached hydrogen (secondary N) is 1. The van der Waals surface area contributed by atoms with Crippen molar-refractivity contribution in [3.05, 3.63) is 12.1 Å². The lowest BCUT2D eigenvalue weighted by atomic mass is 9.95. The fourth-order valence-corrected chi connectivity index (χ4v) is 1.66. The van der Waals surface area contributed by atoms with Gasteiger partial charge in [-0.05, 0) is 38.8 Å². The van der Waals surface area contributed by atoms with Crippen molar-refractivity contribution < 1.29 is 9.84 Å². The first-order chi connectivity index (χ1) is 8.54. The Morgan fingerprint density at radius 1 is 1.44 bits per heavy atom. The Kier molecular flexibility index (Phi) is 5.22. The Hall–Kier alpha value is -1.49. The fraction of sp³-hybridized carbons (Fsp3) is 0.615. The maximum absolute atomic E-state index is 9.09. The Morgan fingerprint density at radius 2 is 2.17 bits per heavy atom. The van der Waals surface area contributed by atoms with Crippen LogP contribution in [-0.2, 0) is 0 Å². The topological polar surface area (TPSA) is 80.4 Å². The molecule has 1 unspecified atom stereocenters. The Balaban J connectivity index is 2.86. The number of pyridine rings is 1. The average Bonchev–Trinajstić information content (AvgIpc) is 2.34. The van der Waals surface area contributed by atoms with Gasteiger partial charge in [0.05, 0.1) is 12.3 Å². The van der Waals surface area contributed by atoms with Gasteiger partial charge in [-0.25, -0.2) is 0 Å². The van der Waals surface area contributed by atoms with E-state index in [9.17, 15) is 0 Å². The van der Waals surface area contributed by atoms with Crippen molar-refractivity contribution in [3.8, 4) is 5.88 Å². The second-order valence-corrected chi connectivity index (χ2v) is 4.54. The van der Waals surface area contributed by atoms with Crippen LogP contribution in [0.4, 0.5) is 11.5 Å². The molecule has 1 atom stereocenters. The minimum absolute atomic E-state index is 0.143. The first-order valence-electron chi connectivity index (χ1n) is 6.33. The van der Waals surface area contributed by atoms with Gasteiger partial charge in [-0.15, -0.1) is 0 Å². The molecule has 0 aliphatic carbocycles. The second kappa shape index (κ2) is 6.44. The van der Waals surface area contributed by atoms with Crippen molar-refractivity contribution in [1.82, 2.24) is 4.98 Å². The molecule has 0 radical (unpaired) electrons. The third-order valence-corrected chi connectivity index (χ3v) is 3.04. The molecule has 1 heterocycles. The lowest BCUT2D eigenvalue weighted by molar-refractivity contribution is 0.251. The molecule has 5 nitrogen and oxygen atoms in total. The first kappa shape index (κ1) is 14.6. The van der Waals surface area contributed by atoms with Crippen molar-refractivity contribution >= 4 is 11.5 Å². The molecule has 1 aromatic rings. The quantitative estimate of drug-likeness (QED) is 0.692. The number of hydrogen-bond acceptors (Lipinski definition) is 5. The summed E-state index contributed by atoms with van der Waals surface area (Å²) < 4.78 is 5.36. The van der Waals surface area contributed by atoms with Gasteiger partial charge in [-0.3, -0.25) is 0 Å². The van der Waals surface area contributed by atoms with Gasteiger partial charge in [0, 0.05) is 12.1 Å². The van der Waals surface area contributed by atoms with Gasteiger partial charge in [0.2, 0.25) is 5.88 Å². The van der Waals surface area contributed by atoms with Gasteiger partial charge in [0.15, 0.2) is 0 Å². The van der Waals surface area contributed by atoms with Crippen LogP contribution in [0.25, 0.3) is 0 Å². The molecule has 0 aromatic carbocycles. The summed E-state index contributed by atoms with van der Waals surface area (Å²) in [7, 11) is 0. The standard InChI is InChI=1S/C13H23N3O2/c1-4-13(3,8-9-17)16-11-7-6-10(14)12(15-11)18-5-2/h6-7,17H,4-5,8-9,14H2,1-3H3,(H,15,16). The molecular formula is C13H23N3O2. The van der Waals surface area contributed by atoms with Crippen molar-refractivity contribution in [2.24, 2.45) is 0 Å². The Bertz CT molecular complexity index is 384. The van der Waals surface area contributed by atoms with Crippen LogP contribution in [0.2, 0.25) is 0 Å². The summed E-state index contributed by atoms with van der Waals surface area (Å²) in [6, 6.07) is 3.60. The van der Waals surface area contributed by atoms with Gasteiger partial charge in [0.25, 0.3) is 0 Å². The van der Waals surface area contributed by atoms with E-state index in [4.69, 9.17) is 15.6 Å². The van der Waals surface area contributed by atoms with Crippen LogP contribution in [-0.4, -0.2) is 28.8 Å². The number of nitrogens with two attached hydrogens (primary N) is 1. The fourth-order valence-electron chi connectivity index (χ4n) is 1.66. The summed E-state index contributed by atoms with van der Waals surface area (Å²) in [6.45, 7) is 6.70. The van der Waals surface area contributed by atoms with E-state index in [0.29, 0.717) is 30.4 Å². The molecule has 0 fully saturated rings. The van der Waals surface area contributed by atoms with Crippen LogP contribution in [0, 0.1) is 0 Å². The van der Waals surface area contributed by atoms with Gasteiger partial charge in [0.1, 0.15) is 5.82 Å². The smallest absolute Gasteiger partial charge is 0.239 e. The molecule has 0 saturated carbocycles. The average molecular weight is 253 g/mol. The summed E-state index contributed by atoms with van der Waals surface area (Å²) in [5.41, 5.74) is 6.13. The van der Waals surface area contributed by atoms with Crippen LogP contribution in [0.1, 0.15) is 33.6 Å². The van der Waals surface area contributed by atoms with Gasteiger partial charge in [-0.2, -0.15) is 4.98 Å². The number of nitrogen functional groups attached to an aromatic ring is 1. The zero-order chi connectivity index (χ0) is 13.6. The third kappa shape index (κ3) is 3.77. The molecule has 5 heteroatoms. The Labute approximate surface area is 108 Å². The summed E-state index contributed by atoms with van der Waals surface area (Å²) in [4.78, 5) is 4.34. The molecule has 0 amide bonds. The molecule has 0 spiro atoms. The number of hydrogen-bond donors (Lipinski definition) is 3. The number of aromatic nitrogens is 1. The first-order valence-corrected chi connectivity index (χ1v) is 6.33. The minimum atomic E-state index is -0.179. The van der Waals surface area contributed by atoms with Crippen molar-refractivity contribution in [1.29, 1.82) is 0 Å². The lowest BCUT2D eigenvalue weighted by Gasteiger charge is -2.29. The molecule has 0 bridgehead atoms. The number of ether oxygens (including phenoxy) is 1. The van der Waals surface area contributed by atoms with Crippen LogP contribution in [0.15, 0.2) is 12.1 Å². The van der Waals surface area contributed by atoms with Crippen LogP contribution in [0.3, 0.4) is 0 Å². The number of aliphatic hydroxyl groups is 1. The van der Waals surface area contributed by atoms with E-state index in [1.54, 1.807) is 6.07 Å². The molecule has 102 valence electrons. The molecule has 0 aliphatic rings. The van der Waals surface area contributed by atoms with Crippen LogP contribution < -0.4 is 15.8 Å². The number of nitrogens with zero attached hydrogens (tertiary/aromatic N) is 1. The molecule has 0 saturated heterocycles. The van der Waals surface area contributed by atoms with E-state index in [-0.39, 0.29) is 12.1 Å². The summed E-state index contributed by atoms with van der Waals surface area (Å²) in [5, 5.41) is 12.4. The van der Waals surface area contributed by atoms with Crippen LogP contribution >= 0.6 is 0 Å². The van der Waals surface area contributed by atoms with Gasteiger partial charge in [-0.1, -0.05) is 6.92 Å². The number of rotatable bonds is 7. The molecular weight excluding hydrogens is 230 g/mol. The Morgan fingerprint density at radius 3 is 2.72 bits per heavy atom. The summed E-state index contributed by atoms with van der Waals surface area (Å²) >= 11 is 0. The molecule has 1 rings (SSSR count). The molecule has 4 N–H and O–H groups in total. The largest absolute Gasteiger partial charge is 0.476 e. The van der Waals surface area contributed by atoms with E-state index < -0.39 is 0 Å². The summed E-state index contributed by atoms with van der Waals surface area (Å²) in [5.74, 6) is 1.16. The monoisotopic (exact) mass is 253 g/mol. The van der Waals surface area contributed by atoms with E-state index in [0.717, 1.165) is 6.42 Å². The van der Waals surface area contributed by atoms with E-state index >= 15 is 0 Å². The van der Waals surface area contributed by atoms with E-state index in [2.05, 4.69) is 24.1 Å². The second-order valence-electron chi connectivity index (χ2n) is 4.54. The zero-order valence-corrected chi connectivity index (χ0v) is 11.4. The lowest BCUT2D eigenvalue weighted by Crippen LogP contribution is -2.35. The van der Waals surface area contributed by atoms with Crippen molar-refractivity contribution in [3.63, 3.8) is 0 Å². The summed E-state index contributed by atoms with van der Waals surface area (Å²) in [6.07, 6.45) is 1.56. The highest BCUT2D eigenvalue weighted by Crippen LogP contribution is 2.25. The van der Waals surface area contributed by atoms with Gasteiger partial charge >= 0.3 is 0 Å². The zero-order valence-electron chi connectivity index (χ0n) is 11.4. The predicted molar refractivity (Wildman–Crippen MR) is 73.8 cm³/mol. The molecule has 0 aliphatic heterocycles. The predicted octanol–water partition coefficient (Wildman–Crippen LogP) is 2.03. The highest BCUT2D eigenvalue weighted by Gasteiger charge is 2.21. The maximum Gasteiger partial charge on any atom is 0.239 e. The normalized spacial score (nSPS) is 14.0. The molecule has 18 heavy (non-hydrogen) atoms. The SMILES string of the molecule is CCOc1nc(NC(C)(CC)CCO)ccc1N. The number of anilines is 2. The van der Waals surface area contributed by atoms with E-state index in [1.165, 1.54) is 0 Å². The number of aliphatic hydroxyl groups excluding tert-OH is 1.